The highest BCUT2D eigenvalue weighted by Crippen LogP contribution is 2.19. The molecule has 0 aliphatic heterocycles. The standard InChI is InChI=1S/C11H11ClN2O5/c12-6-3-5(1-2-7(6)13)10(17)14-8(11(18)19)4-9(15)16/h1-3,8H,4,13H2,(H,14,17)(H,15,16)(H,18,19). The van der Waals surface area contributed by atoms with Crippen LogP contribution in [-0.4, -0.2) is 34.1 Å². The van der Waals surface area contributed by atoms with Crippen molar-refractivity contribution < 1.29 is 24.6 Å². The van der Waals surface area contributed by atoms with E-state index in [2.05, 4.69) is 5.32 Å². The number of rotatable bonds is 5. The molecule has 1 amide bonds. The Kier molecular flexibility index (Phi) is 4.71. The third-order valence-corrected chi connectivity index (χ3v) is 2.57. The maximum atomic E-state index is 11.7. The molecule has 5 N–H and O–H groups in total. The van der Waals surface area contributed by atoms with Crippen LogP contribution in [0.3, 0.4) is 0 Å². The van der Waals surface area contributed by atoms with Crippen LogP contribution in [0.25, 0.3) is 0 Å². The Bertz CT molecular complexity index is 532. The number of nitrogens with one attached hydrogen (secondary N) is 1. The number of nitrogens with two attached hydrogens (primary N) is 1. The van der Waals surface area contributed by atoms with Gasteiger partial charge < -0.3 is 21.3 Å². The molecule has 0 aliphatic carbocycles. The molecule has 1 rings (SSSR count). The maximum absolute atomic E-state index is 11.7. The van der Waals surface area contributed by atoms with Gasteiger partial charge in [0.15, 0.2) is 0 Å². The van der Waals surface area contributed by atoms with E-state index in [0.717, 1.165) is 0 Å². The summed E-state index contributed by atoms with van der Waals surface area (Å²) < 4.78 is 0. The number of carbonyl (C=O) groups excluding carboxylic acids is 1. The number of carboxylic acid groups (broad SMARTS) is 2. The van der Waals surface area contributed by atoms with Gasteiger partial charge in [-0.2, -0.15) is 0 Å². The molecule has 0 saturated carbocycles. The topological polar surface area (TPSA) is 130 Å². The van der Waals surface area contributed by atoms with Gasteiger partial charge >= 0.3 is 11.9 Å². The van der Waals surface area contributed by atoms with Gasteiger partial charge in [0.1, 0.15) is 6.04 Å². The molecule has 1 unspecified atom stereocenters. The number of aliphatic carboxylic acids is 2. The first-order chi connectivity index (χ1) is 8.81. The van der Waals surface area contributed by atoms with Crippen LogP contribution in [0.1, 0.15) is 16.8 Å². The minimum Gasteiger partial charge on any atom is -0.481 e. The molecule has 0 heterocycles. The summed E-state index contributed by atoms with van der Waals surface area (Å²) in [5.41, 5.74) is 5.84. The van der Waals surface area contributed by atoms with Gasteiger partial charge in [0, 0.05) is 5.56 Å². The van der Waals surface area contributed by atoms with E-state index in [9.17, 15) is 14.4 Å². The number of hydrogen-bond donors (Lipinski definition) is 4. The second-order valence-electron chi connectivity index (χ2n) is 3.70. The van der Waals surface area contributed by atoms with E-state index >= 15 is 0 Å². The molecule has 1 atom stereocenters. The van der Waals surface area contributed by atoms with Gasteiger partial charge in [0.25, 0.3) is 5.91 Å². The Morgan fingerprint density at radius 1 is 1.32 bits per heavy atom. The second-order valence-corrected chi connectivity index (χ2v) is 4.11. The molecule has 8 heteroatoms. The van der Waals surface area contributed by atoms with Crippen molar-refractivity contribution in [3.63, 3.8) is 0 Å². The van der Waals surface area contributed by atoms with Crippen molar-refractivity contribution in [1.29, 1.82) is 0 Å². The van der Waals surface area contributed by atoms with E-state index in [1.807, 2.05) is 0 Å². The molecule has 19 heavy (non-hydrogen) atoms. The largest absolute Gasteiger partial charge is 0.481 e. The predicted octanol–water partition coefficient (Wildman–Crippen LogP) is 0.580. The number of nitrogen functional groups attached to an aromatic ring is 1. The molecule has 0 saturated heterocycles. The van der Waals surface area contributed by atoms with Gasteiger partial charge in [0.05, 0.1) is 17.1 Å². The fourth-order valence-corrected chi connectivity index (χ4v) is 1.47. The summed E-state index contributed by atoms with van der Waals surface area (Å²) in [6.45, 7) is 0. The van der Waals surface area contributed by atoms with Crippen molar-refractivity contribution in [2.24, 2.45) is 0 Å². The Balaban J connectivity index is 2.84. The van der Waals surface area contributed by atoms with E-state index in [4.69, 9.17) is 27.5 Å². The Labute approximate surface area is 113 Å². The number of anilines is 1. The van der Waals surface area contributed by atoms with Crippen molar-refractivity contribution >= 4 is 35.1 Å². The van der Waals surface area contributed by atoms with Gasteiger partial charge in [-0.15, -0.1) is 0 Å². The van der Waals surface area contributed by atoms with Crippen LogP contribution < -0.4 is 11.1 Å². The van der Waals surface area contributed by atoms with Crippen molar-refractivity contribution in [3.05, 3.63) is 28.8 Å². The fourth-order valence-electron chi connectivity index (χ4n) is 1.28. The van der Waals surface area contributed by atoms with E-state index in [0.29, 0.717) is 0 Å². The molecule has 1 aromatic carbocycles. The summed E-state index contributed by atoms with van der Waals surface area (Å²) in [4.78, 5) is 33.0. The van der Waals surface area contributed by atoms with Gasteiger partial charge in [0.2, 0.25) is 0 Å². The van der Waals surface area contributed by atoms with Crippen LogP contribution in [0.15, 0.2) is 18.2 Å². The summed E-state index contributed by atoms with van der Waals surface area (Å²) in [6, 6.07) is 2.51. The molecule has 0 fully saturated rings. The zero-order chi connectivity index (χ0) is 14.6. The summed E-state index contributed by atoms with van der Waals surface area (Å²) in [6.07, 6.45) is -0.718. The molecule has 1 aromatic rings. The molecule has 0 spiro atoms. The van der Waals surface area contributed by atoms with Gasteiger partial charge in [-0.05, 0) is 18.2 Å². The average molecular weight is 287 g/mol. The monoisotopic (exact) mass is 286 g/mol. The highest BCUT2D eigenvalue weighted by molar-refractivity contribution is 6.33. The first kappa shape index (κ1) is 14.8. The lowest BCUT2D eigenvalue weighted by Crippen LogP contribution is -2.42. The summed E-state index contributed by atoms with van der Waals surface area (Å²) >= 11 is 5.73. The Morgan fingerprint density at radius 3 is 2.42 bits per heavy atom. The molecular formula is C11H11ClN2O5. The van der Waals surface area contributed by atoms with E-state index in [-0.39, 0.29) is 16.3 Å². The average Bonchev–Trinajstić information content (AvgIpc) is 2.31. The summed E-state index contributed by atoms with van der Waals surface area (Å²) in [5, 5.41) is 19.6. The van der Waals surface area contributed by atoms with Crippen LogP contribution in [-0.2, 0) is 9.59 Å². The minimum absolute atomic E-state index is 0.0934. The van der Waals surface area contributed by atoms with Crippen LogP contribution in [0.5, 0.6) is 0 Å². The molecular weight excluding hydrogens is 276 g/mol. The Morgan fingerprint density at radius 2 is 1.95 bits per heavy atom. The molecule has 0 bridgehead atoms. The van der Waals surface area contributed by atoms with Crippen molar-refractivity contribution in [2.45, 2.75) is 12.5 Å². The van der Waals surface area contributed by atoms with Gasteiger partial charge in [-0.1, -0.05) is 11.6 Å². The zero-order valence-electron chi connectivity index (χ0n) is 9.59. The number of benzene rings is 1. The SMILES string of the molecule is Nc1ccc(C(=O)NC(CC(=O)O)C(=O)O)cc1Cl. The summed E-state index contributed by atoms with van der Waals surface area (Å²) in [5.74, 6) is -3.50. The molecule has 0 aromatic heterocycles. The first-order valence-electron chi connectivity index (χ1n) is 5.11. The predicted molar refractivity (Wildman–Crippen MR) is 67.0 cm³/mol. The van der Waals surface area contributed by atoms with Crippen molar-refractivity contribution in [1.82, 2.24) is 5.32 Å². The van der Waals surface area contributed by atoms with E-state index < -0.39 is 30.3 Å². The number of halogens is 1. The lowest BCUT2D eigenvalue weighted by molar-refractivity contribution is -0.145. The highest BCUT2D eigenvalue weighted by Gasteiger charge is 2.23. The number of amides is 1. The lowest BCUT2D eigenvalue weighted by atomic mass is 10.1. The third-order valence-electron chi connectivity index (χ3n) is 2.24. The molecule has 0 aliphatic rings. The lowest BCUT2D eigenvalue weighted by Gasteiger charge is -2.12. The van der Waals surface area contributed by atoms with Crippen molar-refractivity contribution in [3.8, 4) is 0 Å². The summed E-state index contributed by atoms with van der Waals surface area (Å²) in [7, 11) is 0. The van der Waals surface area contributed by atoms with Crippen LogP contribution in [0, 0.1) is 0 Å². The van der Waals surface area contributed by atoms with Crippen molar-refractivity contribution in [2.75, 3.05) is 5.73 Å². The normalized spacial score (nSPS) is 11.6. The minimum atomic E-state index is -1.51. The van der Waals surface area contributed by atoms with Gasteiger partial charge in [-0.3, -0.25) is 9.59 Å². The number of carboxylic acids is 2. The first-order valence-corrected chi connectivity index (χ1v) is 5.49. The Hall–Kier alpha value is -2.28. The second kappa shape index (κ2) is 6.05. The third kappa shape index (κ3) is 4.14. The maximum Gasteiger partial charge on any atom is 0.326 e. The zero-order valence-corrected chi connectivity index (χ0v) is 10.3. The van der Waals surface area contributed by atoms with E-state index in [1.165, 1.54) is 18.2 Å². The molecule has 7 nitrogen and oxygen atoms in total. The fraction of sp³-hybridized carbons (Fsp3) is 0.182. The number of hydrogen-bond acceptors (Lipinski definition) is 4. The van der Waals surface area contributed by atoms with E-state index in [1.54, 1.807) is 0 Å². The quantitative estimate of drug-likeness (QED) is 0.586. The molecule has 102 valence electrons. The van der Waals surface area contributed by atoms with Gasteiger partial charge in [-0.25, -0.2) is 4.79 Å². The smallest absolute Gasteiger partial charge is 0.326 e. The van der Waals surface area contributed by atoms with Crippen LogP contribution >= 0.6 is 11.6 Å². The molecule has 0 radical (unpaired) electrons. The van der Waals surface area contributed by atoms with Crippen LogP contribution in [0.2, 0.25) is 5.02 Å². The van der Waals surface area contributed by atoms with Crippen LogP contribution in [0.4, 0.5) is 5.69 Å². The number of carbonyl (C=O) groups is 3. The highest BCUT2D eigenvalue weighted by atomic mass is 35.5.